The van der Waals surface area contributed by atoms with Gasteiger partial charge in [0.05, 0.1) is 14.2 Å². The van der Waals surface area contributed by atoms with Crippen LogP contribution in [0.15, 0.2) is 42.5 Å². The predicted molar refractivity (Wildman–Crippen MR) is 69.4 cm³/mol. The van der Waals surface area contributed by atoms with Crippen LogP contribution in [-0.4, -0.2) is 14.2 Å². The molecule has 0 fully saturated rings. The average Bonchev–Trinajstić information content (AvgIpc) is 2.38. The normalized spacial score (nSPS) is 10.0. The van der Waals surface area contributed by atoms with Crippen LogP contribution >= 0.6 is 0 Å². The van der Waals surface area contributed by atoms with Crippen molar-refractivity contribution in [3.63, 3.8) is 0 Å². The zero-order valence-electron chi connectivity index (χ0n) is 9.94. The maximum atomic E-state index is 6.00. The fourth-order valence-electron chi connectivity index (χ4n) is 1.72. The van der Waals surface area contributed by atoms with E-state index < -0.39 is 0 Å². The zero-order chi connectivity index (χ0) is 12.3. The molecule has 0 amide bonds. The summed E-state index contributed by atoms with van der Waals surface area (Å²) in [6.45, 7) is 0. The monoisotopic (exact) mass is 229 g/mol. The second-order valence-electron chi connectivity index (χ2n) is 3.69. The summed E-state index contributed by atoms with van der Waals surface area (Å²) in [5.74, 6) is 1.58. The SMILES string of the molecule is COc1cccc(-c2ccc(OC)cc2N)c1. The van der Waals surface area contributed by atoms with E-state index in [9.17, 15) is 0 Å². The Morgan fingerprint density at radius 2 is 1.59 bits per heavy atom. The van der Waals surface area contributed by atoms with Crippen LogP contribution < -0.4 is 15.2 Å². The van der Waals surface area contributed by atoms with Crippen molar-refractivity contribution in [2.24, 2.45) is 0 Å². The number of methoxy groups -OCH3 is 2. The van der Waals surface area contributed by atoms with Crippen molar-refractivity contribution in [3.8, 4) is 22.6 Å². The van der Waals surface area contributed by atoms with Crippen LogP contribution in [0, 0.1) is 0 Å². The highest BCUT2D eigenvalue weighted by Gasteiger charge is 2.05. The van der Waals surface area contributed by atoms with Crippen molar-refractivity contribution in [3.05, 3.63) is 42.5 Å². The molecule has 17 heavy (non-hydrogen) atoms. The molecule has 0 radical (unpaired) electrons. The fourth-order valence-corrected chi connectivity index (χ4v) is 1.72. The summed E-state index contributed by atoms with van der Waals surface area (Å²) in [6, 6.07) is 13.5. The summed E-state index contributed by atoms with van der Waals surface area (Å²) in [4.78, 5) is 0. The minimum absolute atomic E-state index is 0.692. The molecular weight excluding hydrogens is 214 g/mol. The quantitative estimate of drug-likeness (QED) is 0.823. The number of hydrogen-bond acceptors (Lipinski definition) is 3. The van der Waals surface area contributed by atoms with E-state index in [1.807, 2.05) is 42.5 Å². The summed E-state index contributed by atoms with van der Waals surface area (Å²) < 4.78 is 10.3. The van der Waals surface area contributed by atoms with E-state index in [1.165, 1.54) is 0 Å². The Balaban J connectivity index is 2.45. The molecule has 0 aliphatic heterocycles. The average molecular weight is 229 g/mol. The van der Waals surface area contributed by atoms with Crippen LogP contribution in [0.2, 0.25) is 0 Å². The van der Waals surface area contributed by atoms with Gasteiger partial charge in [-0.05, 0) is 29.8 Å². The van der Waals surface area contributed by atoms with Gasteiger partial charge in [0.25, 0.3) is 0 Å². The lowest BCUT2D eigenvalue weighted by atomic mass is 10.0. The summed E-state index contributed by atoms with van der Waals surface area (Å²) in [7, 11) is 3.27. The van der Waals surface area contributed by atoms with Crippen molar-refractivity contribution >= 4 is 5.69 Å². The standard InChI is InChI=1S/C14H15NO2/c1-16-11-5-3-4-10(8-11)13-7-6-12(17-2)9-14(13)15/h3-9H,15H2,1-2H3. The van der Waals surface area contributed by atoms with Gasteiger partial charge in [-0.2, -0.15) is 0 Å². The Labute approximate surface area is 101 Å². The number of benzene rings is 2. The van der Waals surface area contributed by atoms with Crippen molar-refractivity contribution in [1.29, 1.82) is 0 Å². The van der Waals surface area contributed by atoms with Crippen molar-refractivity contribution in [2.45, 2.75) is 0 Å². The van der Waals surface area contributed by atoms with E-state index in [-0.39, 0.29) is 0 Å². The lowest BCUT2D eigenvalue weighted by Crippen LogP contribution is -1.92. The first-order valence-electron chi connectivity index (χ1n) is 5.32. The Morgan fingerprint density at radius 1 is 0.882 bits per heavy atom. The molecule has 2 aromatic carbocycles. The van der Waals surface area contributed by atoms with E-state index in [2.05, 4.69) is 0 Å². The molecule has 0 unspecified atom stereocenters. The highest BCUT2D eigenvalue weighted by atomic mass is 16.5. The van der Waals surface area contributed by atoms with Crippen LogP contribution in [0.1, 0.15) is 0 Å². The Hall–Kier alpha value is -2.16. The second kappa shape index (κ2) is 4.78. The first kappa shape index (κ1) is 11.3. The molecule has 0 aromatic heterocycles. The number of rotatable bonds is 3. The van der Waals surface area contributed by atoms with E-state index in [0.29, 0.717) is 5.69 Å². The number of nitrogens with two attached hydrogens (primary N) is 1. The minimum atomic E-state index is 0.692. The molecule has 0 atom stereocenters. The molecule has 0 spiro atoms. The third-order valence-corrected chi connectivity index (χ3v) is 2.64. The van der Waals surface area contributed by atoms with Crippen LogP contribution in [0.25, 0.3) is 11.1 Å². The van der Waals surface area contributed by atoms with Crippen LogP contribution in [0.4, 0.5) is 5.69 Å². The molecule has 0 aliphatic carbocycles. The maximum absolute atomic E-state index is 6.00. The molecule has 88 valence electrons. The Bertz CT molecular complexity index is 523. The van der Waals surface area contributed by atoms with Crippen molar-refractivity contribution in [2.75, 3.05) is 20.0 Å². The van der Waals surface area contributed by atoms with Crippen molar-refractivity contribution < 1.29 is 9.47 Å². The van der Waals surface area contributed by atoms with E-state index in [1.54, 1.807) is 14.2 Å². The van der Waals surface area contributed by atoms with Gasteiger partial charge in [0.1, 0.15) is 11.5 Å². The van der Waals surface area contributed by atoms with Gasteiger partial charge in [0.15, 0.2) is 0 Å². The van der Waals surface area contributed by atoms with Gasteiger partial charge in [-0.3, -0.25) is 0 Å². The first-order chi connectivity index (χ1) is 8.24. The predicted octanol–water partition coefficient (Wildman–Crippen LogP) is 2.95. The summed E-state index contributed by atoms with van der Waals surface area (Å²) in [6.07, 6.45) is 0. The highest BCUT2D eigenvalue weighted by Crippen LogP contribution is 2.31. The summed E-state index contributed by atoms with van der Waals surface area (Å²) in [5, 5.41) is 0. The minimum Gasteiger partial charge on any atom is -0.497 e. The van der Waals surface area contributed by atoms with Gasteiger partial charge in [-0.25, -0.2) is 0 Å². The van der Waals surface area contributed by atoms with Crippen LogP contribution in [0.5, 0.6) is 11.5 Å². The molecule has 2 N–H and O–H groups in total. The molecule has 2 rings (SSSR count). The van der Waals surface area contributed by atoms with Crippen LogP contribution in [-0.2, 0) is 0 Å². The molecular formula is C14H15NO2. The van der Waals surface area contributed by atoms with Crippen molar-refractivity contribution in [1.82, 2.24) is 0 Å². The lowest BCUT2D eigenvalue weighted by Gasteiger charge is -2.09. The third-order valence-electron chi connectivity index (χ3n) is 2.64. The van der Waals surface area contributed by atoms with E-state index in [4.69, 9.17) is 15.2 Å². The fraction of sp³-hybridized carbons (Fsp3) is 0.143. The number of anilines is 1. The van der Waals surface area contributed by atoms with Gasteiger partial charge in [0.2, 0.25) is 0 Å². The van der Waals surface area contributed by atoms with E-state index >= 15 is 0 Å². The highest BCUT2D eigenvalue weighted by molar-refractivity contribution is 5.78. The molecule has 0 bridgehead atoms. The number of hydrogen-bond donors (Lipinski definition) is 1. The molecule has 2 aromatic rings. The number of ether oxygens (including phenoxy) is 2. The number of nitrogen functional groups attached to an aromatic ring is 1. The van der Waals surface area contributed by atoms with E-state index in [0.717, 1.165) is 22.6 Å². The lowest BCUT2D eigenvalue weighted by molar-refractivity contribution is 0.415. The topological polar surface area (TPSA) is 44.5 Å². The van der Waals surface area contributed by atoms with Crippen LogP contribution in [0.3, 0.4) is 0 Å². The van der Waals surface area contributed by atoms with Gasteiger partial charge in [-0.15, -0.1) is 0 Å². The Morgan fingerprint density at radius 3 is 2.24 bits per heavy atom. The zero-order valence-corrected chi connectivity index (χ0v) is 9.94. The maximum Gasteiger partial charge on any atom is 0.120 e. The molecule has 0 heterocycles. The van der Waals surface area contributed by atoms with Gasteiger partial charge in [0, 0.05) is 17.3 Å². The summed E-state index contributed by atoms with van der Waals surface area (Å²) in [5.41, 5.74) is 8.70. The third kappa shape index (κ3) is 2.33. The molecule has 3 nitrogen and oxygen atoms in total. The molecule has 0 saturated carbocycles. The van der Waals surface area contributed by atoms with Gasteiger partial charge >= 0.3 is 0 Å². The van der Waals surface area contributed by atoms with Gasteiger partial charge < -0.3 is 15.2 Å². The largest absolute Gasteiger partial charge is 0.497 e. The molecule has 0 aliphatic rings. The molecule has 0 saturated heterocycles. The second-order valence-corrected chi connectivity index (χ2v) is 3.69. The Kier molecular flexibility index (Phi) is 3.19. The molecule has 3 heteroatoms. The smallest absolute Gasteiger partial charge is 0.120 e. The van der Waals surface area contributed by atoms with Gasteiger partial charge in [-0.1, -0.05) is 12.1 Å². The first-order valence-corrected chi connectivity index (χ1v) is 5.32. The summed E-state index contributed by atoms with van der Waals surface area (Å²) >= 11 is 0.